The van der Waals surface area contributed by atoms with Gasteiger partial charge in [0, 0.05) is 12.8 Å². The van der Waals surface area contributed by atoms with Crippen molar-refractivity contribution < 1.29 is 8.78 Å². The Kier molecular flexibility index (Phi) is 9.11. The molecule has 0 amide bonds. The highest BCUT2D eigenvalue weighted by atomic mass is 19.3. The van der Waals surface area contributed by atoms with E-state index in [1.165, 1.54) is 49.7 Å². The first-order valence-corrected chi connectivity index (χ1v) is 12.6. The van der Waals surface area contributed by atoms with Gasteiger partial charge in [0.2, 0.25) is 0 Å². The van der Waals surface area contributed by atoms with E-state index < -0.39 is 5.92 Å². The predicted molar refractivity (Wildman–Crippen MR) is 129 cm³/mol. The molecular formula is C29H40F2. The smallest absolute Gasteiger partial charge is 0.207 e. The Hall–Kier alpha value is -1.70. The van der Waals surface area contributed by atoms with Crippen LogP contribution < -0.4 is 0 Å². The molecule has 2 aromatic rings. The molecule has 0 saturated heterocycles. The summed E-state index contributed by atoms with van der Waals surface area (Å²) in [7, 11) is 0. The summed E-state index contributed by atoms with van der Waals surface area (Å²) in [4.78, 5) is 0. The van der Waals surface area contributed by atoms with Crippen LogP contribution in [0.25, 0.3) is 11.1 Å². The minimum atomic E-state index is -2.60. The summed E-state index contributed by atoms with van der Waals surface area (Å²) in [6.45, 7) is 4.39. The van der Waals surface area contributed by atoms with Gasteiger partial charge < -0.3 is 0 Å². The molecule has 1 aliphatic carbocycles. The van der Waals surface area contributed by atoms with Crippen LogP contribution in [0.5, 0.6) is 0 Å². The first kappa shape index (κ1) is 24.0. The number of alkyl halides is 2. The van der Waals surface area contributed by atoms with Crippen LogP contribution in [-0.4, -0.2) is 5.92 Å². The van der Waals surface area contributed by atoms with E-state index >= 15 is 0 Å². The van der Waals surface area contributed by atoms with Crippen molar-refractivity contribution in [3.63, 3.8) is 0 Å². The molecule has 2 aromatic carbocycles. The van der Waals surface area contributed by atoms with Crippen molar-refractivity contribution in [2.45, 2.75) is 103 Å². The van der Waals surface area contributed by atoms with Crippen molar-refractivity contribution in [3.05, 3.63) is 59.7 Å². The fourth-order valence-corrected chi connectivity index (χ4v) is 5.15. The number of halogens is 2. The van der Waals surface area contributed by atoms with Crippen LogP contribution in [-0.2, 0) is 6.42 Å². The Labute approximate surface area is 188 Å². The maximum absolute atomic E-state index is 14.2. The summed E-state index contributed by atoms with van der Waals surface area (Å²) < 4.78 is 28.5. The minimum absolute atomic E-state index is 0.00340. The lowest BCUT2D eigenvalue weighted by Gasteiger charge is -2.28. The maximum atomic E-state index is 14.2. The molecule has 0 aliphatic heterocycles. The quantitative estimate of drug-likeness (QED) is 0.314. The molecular weight excluding hydrogens is 386 g/mol. The van der Waals surface area contributed by atoms with E-state index in [9.17, 15) is 8.78 Å². The minimum Gasteiger partial charge on any atom is -0.207 e. The molecule has 0 spiro atoms. The van der Waals surface area contributed by atoms with Gasteiger partial charge in [0.05, 0.1) is 0 Å². The lowest BCUT2D eigenvalue weighted by Crippen LogP contribution is -2.19. The van der Waals surface area contributed by atoms with Gasteiger partial charge in [-0.25, -0.2) is 8.78 Å². The molecule has 1 fully saturated rings. The van der Waals surface area contributed by atoms with E-state index in [0.717, 1.165) is 36.3 Å². The highest BCUT2D eigenvalue weighted by molar-refractivity contribution is 5.64. The van der Waals surface area contributed by atoms with Crippen LogP contribution in [0.3, 0.4) is 0 Å². The Balaban J connectivity index is 1.54. The summed E-state index contributed by atoms with van der Waals surface area (Å²) in [5.41, 5.74) is 4.46. The van der Waals surface area contributed by atoms with Gasteiger partial charge >= 0.3 is 0 Å². The van der Waals surface area contributed by atoms with E-state index in [2.05, 4.69) is 38.1 Å². The van der Waals surface area contributed by atoms with Gasteiger partial charge in [0.1, 0.15) is 0 Å². The second-order valence-electron chi connectivity index (χ2n) is 9.67. The first-order valence-electron chi connectivity index (χ1n) is 12.6. The van der Waals surface area contributed by atoms with Gasteiger partial charge in [0.25, 0.3) is 5.92 Å². The number of hydrogen-bond donors (Lipinski definition) is 0. The fraction of sp³-hybridized carbons (Fsp3) is 0.586. The number of unbranched alkanes of at least 4 members (excludes halogenated alkanes) is 3. The average molecular weight is 427 g/mol. The van der Waals surface area contributed by atoms with Crippen molar-refractivity contribution in [2.75, 3.05) is 0 Å². The molecule has 0 aromatic heterocycles. The Morgan fingerprint density at radius 2 is 1.35 bits per heavy atom. The Morgan fingerprint density at radius 1 is 0.742 bits per heavy atom. The van der Waals surface area contributed by atoms with Gasteiger partial charge in [-0.3, -0.25) is 0 Å². The third-order valence-corrected chi connectivity index (χ3v) is 7.07. The number of rotatable bonds is 11. The van der Waals surface area contributed by atoms with Crippen molar-refractivity contribution in [3.8, 4) is 11.1 Å². The van der Waals surface area contributed by atoms with Crippen LogP contribution in [0.2, 0.25) is 0 Å². The largest absolute Gasteiger partial charge is 0.252 e. The van der Waals surface area contributed by atoms with Crippen LogP contribution in [0.1, 0.15) is 102 Å². The van der Waals surface area contributed by atoms with E-state index in [1.807, 2.05) is 24.3 Å². The van der Waals surface area contributed by atoms with Crippen molar-refractivity contribution >= 4 is 0 Å². The van der Waals surface area contributed by atoms with Gasteiger partial charge in [-0.1, -0.05) is 94.5 Å². The van der Waals surface area contributed by atoms with Crippen LogP contribution >= 0.6 is 0 Å². The highest BCUT2D eigenvalue weighted by Gasteiger charge is 2.28. The highest BCUT2D eigenvalue weighted by Crippen LogP contribution is 2.38. The second-order valence-corrected chi connectivity index (χ2v) is 9.67. The molecule has 0 unspecified atom stereocenters. The number of hydrogen-bond acceptors (Lipinski definition) is 0. The molecule has 0 N–H and O–H groups in total. The molecule has 170 valence electrons. The van der Waals surface area contributed by atoms with E-state index in [0.29, 0.717) is 12.3 Å². The molecule has 0 atom stereocenters. The van der Waals surface area contributed by atoms with E-state index in [-0.39, 0.29) is 12.8 Å². The second kappa shape index (κ2) is 11.8. The molecule has 2 heteroatoms. The van der Waals surface area contributed by atoms with Crippen LogP contribution in [0, 0.1) is 5.92 Å². The summed E-state index contributed by atoms with van der Waals surface area (Å²) in [5.74, 6) is -0.973. The van der Waals surface area contributed by atoms with Gasteiger partial charge in [-0.05, 0) is 66.2 Å². The summed E-state index contributed by atoms with van der Waals surface area (Å²) in [6, 6.07) is 16.7. The van der Waals surface area contributed by atoms with Crippen molar-refractivity contribution in [1.29, 1.82) is 0 Å². The molecule has 0 radical (unpaired) electrons. The Bertz CT molecular complexity index is 752. The van der Waals surface area contributed by atoms with E-state index in [4.69, 9.17) is 0 Å². The lowest BCUT2D eigenvalue weighted by atomic mass is 9.77. The summed E-state index contributed by atoms with van der Waals surface area (Å²) in [6.07, 6.45) is 11.5. The zero-order valence-corrected chi connectivity index (χ0v) is 19.5. The SMILES string of the molecule is CCCCCCC(F)(F)Cc1ccc(-c2ccc(C3CCC(CCC)CC3)cc2)cc1. The van der Waals surface area contributed by atoms with Crippen molar-refractivity contribution in [1.82, 2.24) is 0 Å². The zero-order valence-electron chi connectivity index (χ0n) is 19.5. The number of benzene rings is 2. The molecule has 1 saturated carbocycles. The lowest BCUT2D eigenvalue weighted by molar-refractivity contribution is -0.00948. The third-order valence-electron chi connectivity index (χ3n) is 7.07. The molecule has 3 rings (SSSR count). The van der Waals surface area contributed by atoms with Gasteiger partial charge in [-0.15, -0.1) is 0 Å². The summed E-state index contributed by atoms with van der Waals surface area (Å²) in [5, 5.41) is 0. The molecule has 0 heterocycles. The average Bonchev–Trinajstić information content (AvgIpc) is 2.78. The fourth-order valence-electron chi connectivity index (χ4n) is 5.15. The predicted octanol–water partition coefficient (Wildman–Crippen LogP) is 9.58. The van der Waals surface area contributed by atoms with Gasteiger partial charge in [0.15, 0.2) is 0 Å². The standard InChI is InChI=1S/C29H40F2/c1-3-5-6-7-21-29(30,31)22-24-11-15-26(16-12-24)28-19-17-27(18-20-28)25-13-9-23(8-4-2)10-14-25/h11-12,15-20,23,25H,3-10,13-14,21-22H2,1-2H3. The van der Waals surface area contributed by atoms with Crippen LogP contribution in [0.15, 0.2) is 48.5 Å². The maximum Gasteiger partial charge on any atom is 0.252 e. The topological polar surface area (TPSA) is 0 Å². The van der Waals surface area contributed by atoms with Crippen LogP contribution in [0.4, 0.5) is 8.78 Å². The summed E-state index contributed by atoms with van der Waals surface area (Å²) >= 11 is 0. The Morgan fingerprint density at radius 3 is 1.94 bits per heavy atom. The third kappa shape index (κ3) is 7.44. The van der Waals surface area contributed by atoms with Crippen molar-refractivity contribution in [2.24, 2.45) is 5.92 Å². The first-order chi connectivity index (χ1) is 15.0. The van der Waals surface area contributed by atoms with E-state index in [1.54, 1.807) is 0 Å². The molecule has 31 heavy (non-hydrogen) atoms. The monoisotopic (exact) mass is 426 g/mol. The molecule has 0 nitrogen and oxygen atoms in total. The normalized spacial score (nSPS) is 19.5. The van der Waals surface area contributed by atoms with Gasteiger partial charge in [-0.2, -0.15) is 0 Å². The zero-order chi connectivity index (χ0) is 22.1. The molecule has 1 aliphatic rings. The molecule has 0 bridgehead atoms.